The molecule has 1 aliphatic rings. The van der Waals surface area contributed by atoms with Gasteiger partial charge >= 0.3 is 0 Å². The number of hydrogen-bond donors (Lipinski definition) is 2. The van der Waals surface area contributed by atoms with Crippen molar-refractivity contribution < 1.29 is 18.9 Å². The predicted octanol–water partition coefficient (Wildman–Crippen LogP) is 2.86. The summed E-state index contributed by atoms with van der Waals surface area (Å²) in [6.07, 6.45) is 2.91. The first-order valence-corrected chi connectivity index (χ1v) is 10.1. The van der Waals surface area contributed by atoms with E-state index in [-0.39, 0.29) is 24.0 Å². The van der Waals surface area contributed by atoms with Crippen LogP contribution in [0, 0.1) is 5.92 Å². The first-order chi connectivity index (χ1) is 13.8. The van der Waals surface area contributed by atoms with Crippen molar-refractivity contribution in [2.45, 2.75) is 26.2 Å². The molecule has 1 saturated heterocycles. The summed E-state index contributed by atoms with van der Waals surface area (Å²) in [5, 5.41) is 6.66. The standard InChI is InChI=1S/C21H35N3O4.HI/c1-4-22-21(23-10-5-12-27-15-18-9-13-28-16-18)24-11-8-17-6-7-19(25-2)20(14-17)26-3;/h6-7,14,18H,4-5,8-13,15-16H2,1-3H3,(H2,22,23,24);1H. The highest BCUT2D eigenvalue weighted by molar-refractivity contribution is 14.0. The first kappa shape index (κ1) is 25.8. The molecule has 0 amide bonds. The number of ether oxygens (including phenoxy) is 4. The third-order valence-corrected chi connectivity index (χ3v) is 4.59. The summed E-state index contributed by atoms with van der Waals surface area (Å²) in [4.78, 5) is 4.62. The third kappa shape index (κ3) is 9.86. The fourth-order valence-electron chi connectivity index (χ4n) is 3.03. The molecule has 1 aromatic carbocycles. The molecule has 0 aromatic heterocycles. The summed E-state index contributed by atoms with van der Waals surface area (Å²) < 4.78 is 21.7. The lowest BCUT2D eigenvalue weighted by atomic mass is 10.1. The fourth-order valence-corrected chi connectivity index (χ4v) is 3.03. The van der Waals surface area contributed by atoms with E-state index in [4.69, 9.17) is 18.9 Å². The lowest BCUT2D eigenvalue weighted by Crippen LogP contribution is -2.38. The van der Waals surface area contributed by atoms with Crippen molar-refractivity contribution in [3.05, 3.63) is 23.8 Å². The van der Waals surface area contributed by atoms with Crippen LogP contribution < -0.4 is 20.1 Å². The van der Waals surface area contributed by atoms with E-state index in [1.54, 1.807) is 14.2 Å². The van der Waals surface area contributed by atoms with Gasteiger partial charge in [0.05, 0.1) is 27.4 Å². The highest BCUT2D eigenvalue weighted by atomic mass is 127. The van der Waals surface area contributed by atoms with Gasteiger partial charge in [-0.2, -0.15) is 0 Å². The number of guanidine groups is 1. The van der Waals surface area contributed by atoms with Gasteiger partial charge in [-0.05, 0) is 43.9 Å². The third-order valence-electron chi connectivity index (χ3n) is 4.59. The second kappa shape index (κ2) is 15.6. The van der Waals surface area contributed by atoms with E-state index in [2.05, 4.69) is 28.6 Å². The highest BCUT2D eigenvalue weighted by Gasteiger charge is 2.15. The number of nitrogens with zero attached hydrogens (tertiary/aromatic N) is 1. The van der Waals surface area contributed by atoms with Gasteiger partial charge in [0.1, 0.15) is 0 Å². The monoisotopic (exact) mass is 521 g/mol. The van der Waals surface area contributed by atoms with E-state index in [9.17, 15) is 0 Å². The number of hydrogen-bond acceptors (Lipinski definition) is 5. The van der Waals surface area contributed by atoms with Crippen molar-refractivity contribution in [2.75, 3.05) is 60.3 Å². The number of methoxy groups -OCH3 is 2. The van der Waals surface area contributed by atoms with Gasteiger partial charge in [0.2, 0.25) is 0 Å². The van der Waals surface area contributed by atoms with E-state index in [1.807, 2.05) is 12.1 Å². The van der Waals surface area contributed by atoms with Gasteiger partial charge in [-0.25, -0.2) is 0 Å². The van der Waals surface area contributed by atoms with Crippen LogP contribution in [-0.2, 0) is 15.9 Å². The molecule has 1 unspecified atom stereocenters. The molecule has 2 N–H and O–H groups in total. The maximum atomic E-state index is 5.73. The Labute approximate surface area is 191 Å². The molecule has 1 aromatic rings. The summed E-state index contributed by atoms with van der Waals surface area (Å²) in [7, 11) is 3.30. The fraction of sp³-hybridized carbons (Fsp3) is 0.667. The van der Waals surface area contributed by atoms with E-state index in [0.29, 0.717) is 5.92 Å². The summed E-state index contributed by atoms with van der Waals surface area (Å²) >= 11 is 0. The topological polar surface area (TPSA) is 73.3 Å². The summed E-state index contributed by atoms with van der Waals surface area (Å²) in [6.45, 7) is 7.69. The summed E-state index contributed by atoms with van der Waals surface area (Å²) in [6, 6.07) is 6.00. The van der Waals surface area contributed by atoms with Crippen molar-refractivity contribution >= 4 is 29.9 Å². The van der Waals surface area contributed by atoms with Gasteiger partial charge in [0.25, 0.3) is 0 Å². The minimum atomic E-state index is 0. The van der Waals surface area contributed by atoms with Gasteiger partial charge < -0.3 is 29.6 Å². The van der Waals surface area contributed by atoms with Gasteiger partial charge in [0, 0.05) is 38.8 Å². The largest absolute Gasteiger partial charge is 0.493 e. The number of halogens is 1. The molecule has 1 fully saturated rings. The zero-order valence-electron chi connectivity index (χ0n) is 17.9. The molecule has 0 radical (unpaired) electrons. The smallest absolute Gasteiger partial charge is 0.191 e. The summed E-state index contributed by atoms with van der Waals surface area (Å²) in [5.74, 6) is 2.91. The Bertz CT molecular complexity index is 595. The molecule has 1 aliphatic heterocycles. The number of benzene rings is 1. The van der Waals surface area contributed by atoms with Crippen molar-refractivity contribution in [1.29, 1.82) is 0 Å². The average Bonchev–Trinajstić information content (AvgIpc) is 3.23. The van der Waals surface area contributed by atoms with Crippen LogP contribution in [0.2, 0.25) is 0 Å². The van der Waals surface area contributed by atoms with Crippen molar-refractivity contribution in [3.8, 4) is 11.5 Å². The van der Waals surface area contributed by atoms with Gasteiger partial charge in [-0.3, -0.25) is 4.99 Å². The molecule has 0 aliphatic carbocycles. The van der Waals surface area contributed by atoms with Crippen LogP contribution in [0.25, 0.3) is 0 Å². The molecule has 7 nitrogen and oxygen atoms in total. The lowest BCUT2D eigenvalue weighted by molar-refractivity contribution is 0.0893. The molecule has 0 saturated carbocycles. The van der Waals surface area contributed by atoms with Crippen molar-refractivity contribution in [1.82, 2.24) is 10.6 Å². The number of nitrogens with one attached hydrogen (secondary N) is 2. The molecular formula is C21H36IN3O4. The maximum absolute atomic E-state index is 5.73. The van der Waals surface area contributed by atoms with Crippen LogP contribution in [0.4, 0.5) is 0 Å². The molecule has 1 atom stereocenters. The molecule has 0 bridgehead atoms. The molecule has 2 rings (SSSR count). The molecule has 0 spiro atoms. The van der Waals surface area contributed by atoms with E-state index < -0.39 is 0 Å². The number of rotatable bonds is 12. The predicted molar refractivity (Wildman–Crippen MR) is 127 cm³/mol. The molecule has 166 valence electrons. The SMILES string of the molecule is CCNC(=NCCCOCC1CCOC1)NCCc1ccc(OC)c(OC)c1.I. The first-order valence-electron chi connectivity index (χ1n) is 10.1. The molecule has 29 heavy (non-hydrogen) atoms. The zero-order valence-corrected chi connectivity index (χ0v) is 20.2. The second-order valence-electron chi connectivity index (χ2n) is 6.78. The maximum Gasteiger partial charge on any atom is 0.191 e. The van der Waals surface area contributed by atoms with Crippen LogP contribution >= 0.6 is 24.0 Å². The van der Waals surface area contributed by atoms with Gasteiger partial charge in [-0.1, -0.05) is 6.07 Å². The van der Waals surface area contributed by atoms with Crippen LogP contribution in [0.15, 0.2) is 23.2 Å². The van der Waals surface area contributed by atoms with E-state index >= 15 is 0 Å². The Hall–Kier alpha value is -1.26. The quantitative estimate of drug-likeness (QED) is 0.191. The molecular weight excluding hydrogens is 485 g/mol. The van der Waals surface area contributed by atoms with Crippen LogP contribution in [0.5, 0.6) is 11.5 Å². The van der Waals surface area contributed by atoms with E-state index in [1.165, 1.54) is 5.56 Å². The Morgan fingerprint density at radius 2 is 2.03 bits per heavy atom. The van der Waals surface area contributed by atoms with Gasteiger partial charge in [-0.15, -0.1) is 24.0 Å². The Balaban J connectivity index is 0.00000420. The Kier molecular flexibility index (Phi) is 13.8. The number of aliphatic imine (C=N–C) groups is 1. The zero-order chi connectivity index (χ0) is 20.0. The summed E-state index contributed by atoms with van der Waals surface area (Å²) in [5.41, 5.74) is 1.19. The minimum Gasteiger partial charge on any atom is -0.493 e. The minimum absolute atomic E-state index is 0. The van der Waals surface area contributed by atoms with E-state index in [0.717, 1.165) is 82.8 Å². The Morgan fingerprint density at radius 1 is 1.21 bits per heavy atom. The van der Waals surface area contributed by atoms with Crippen LogP contribution in [0.3, 0.4) is 0 Å². The van der Waals surface area contributed by atoms with Crippen molar-refractivity contribution in [3.63, 3.8) is 0 Å². The highest BCUT2D eigenvalue weighted by Crippen LogP contribution is 2.27. The lowest BCUT2D eigenvalue weighted by Gasteiger charge is -2.13. The molecule has 8 heteroatoms. The van der Waals surface area contributed by atoms with Crippen LogP contribution in [0.1, 0.15) is 25.3 Å². The normalized spacial score (nSPS) is 16.2. The van der Waals surface area contributed by atoms with Crippen LogP contribution in [-0.4, -0.2) is 66.2 Å². The van der Waals surface area contributed by atoms with Gasteiger partial charge in [0.15, 0.2) is 17.5 Å². The Morgan fingerprint density at radius 3 is 2.72 bits per heavy atom. The second-order valence-corrected chi connectivity index (χ2v) is 6.78. The average molecular weight is 521 g/mol. The van der Waals surface area contributed by atoms with Crippen molar-refractivity contribution in [2.24, 2.45) is 10.9 Å². The molecule has 1 heterocycles.